The number of rotatable bonds is 5. The number of halogens is 1. The number of piperazine rings is 1. The molecule has 4 rings (SSSR count). The fourth-order valence-electron chi connectivity index (χ4n) is 5.04. The normalized spacial score (nSPS) is 23.6. The molecule has 2 aromatic rings. The van der Waals surface area contributed by atoms with E-state index in [0.29, 0.717) is 12.1 Å². The Kier molecular flexibility index (Phi) is 6.28. The number of nitrogens with one attached hydrogen (secondary N) is 1. The summed E-state index contributed by atoms with van der Waals surface area (Å²) >= 11 is 6.38. The topological polar surface area (TPSA) is 45.7 Å². The third-order valence-corrected chi connectivity index (χ3v) is 7.07. The van der Waals surface area contributed by atoms with Gasteiger partial charge in [0.05, 0.1) is 10.5 Å². The number of nitrogens with zero attached hydrogens (tertiary/aromatic N) is 3. The van der Waals surface area contributed by atoms with Crippen LogP contribution in [0.4, 0.5) is 0 Å². The lowest BCUT2D eigenvalue weighted by atomic mass is 9.98. The molecular formula is C22H33ClN4O. The number of benzene rings is 1. The van der Waals surface area contributed by atoms with E-state index in [2.05, 4.69) is 39.7 Å². The number of aromatic nitrogens is 1. The predicted molar refractivity (Wildman–Crippen MR) is 116 cm³/mol. The van der Waals surface area contributed by atoms with Gasteiger partial charge in [0.25, 0.3) is 0 Å². The zero-order valence-electron chi connectivity index (χ0n) is 17.1. The van der Waals surface area contributed by atoms with E-state index < -0.39 is 0 Å². The Balaban J connectivity index is 1.46. The van der Waals surface area contributed by atoms with E-state index in [-0.39, 0.29) is 6.61 Å². The highest BCUT2D eigenvalue weighted by Gasteiger charge is 2.33. The molecule has 0 radical (unpaired) electrons. The fourth-order valence-corrected chi connectivity index (χ4v) is 5.27. The van der Waals surface area contributed by atoms with Crippen LogP contribution in [0.5, 0.6) is 0 Å². The number of piperidine rings is 1. The summed E-state index contributed by atoms with van der Waals surface area (Å²) in [7, 11) is 2.22. The molecule has 0 bridgehead atoms. The molecule has 0 spiro atoms. The molecule has 0 saturated carbocycles. The van der Waals surface area contributed by atoms with Crippen molar-refractivity contribution in [1.82, 2.24) is 19.7 Å². The van der Waals surface area contributed by atoms with Gasteiger partial charge in [0, 0.05) is 55.9 Å². The van der Waals surface area contributed by atoms with Gasteiger partial charge < -0.3 is 15.0 Å². The molecule has 2 N–H and O–H groups in total. The van der Waals surface area contributed by atoms with Gasteiger partial charge in [-0.05, 0) is 58.0 Å². The van der Waals surface area contributed by atoms with E-state index in [9.17, 15) is 5.11 Å². The molecule has 3 heterocycles. The third-order valence-electron chi connectivity index (χ3n) is 6.76. The number of fused-ring (bicyclic) bond motifs is 1. The highest BCUT2D eigenvalue weighted by atomic mass is 35.5. The van der Waals surface area contributed by atoms with Crippen LogP contribution in [0.15, 0.2) is 18.2 Å². The molecule has 2 aliphatic heterocycles. The third kappa shape index (κ3) is 4.10. The van der Waals surface area contributed by atoms with Crippen molar-refractivity contribution in [3.8, 4) is 0 Å². The average Bonchev–Trinajstić information content (AvgIpc) is 3.01. The zero-order valence-corrected chi connectivity index (χ0v) is 17.9. The Hall–Kier alpha value is -1.11. The molecule has 154 valence electrons. The van der Waals surface area contributed by atoms with Crippen LogP contribution < -0.4 is 0 Å². The standard InChI is InChI=1S/C22H33ClN4O/c1-16-19-4-3-5-20(23)22(19)24-21(16)15-26-11-12-27(18(14-26)8-13-28)17-6-9-25(2)10-7-17/h3-5,17-18,24,28H,6-15H2,1-2H3/t18-/m1/s1. The van der Waals surface area contributed by atoms with Crippen molar-refractivity contribution in [1.29, 1.82) is 0 Å². The van der Waals surface area contributed by atoms with E-state index in [1.807, 2.05) is 12.1 Å². The van der Waals surface area contributed by atoms with E-state index in [0.717, 1.165) is 43.1 Å². The van der Waals surface area contributed by atoms with Gasteiger partial charge in [-0.3, -0.25) is 9.80 Å². The minimum Gasteiger partial charge on any atom is -0.396 e. The van der Waals surface area contributed by atoms with Gasteiger partial charge in [-0.2, -0.15) is 0 Å². The van der Waals surface area contributed by atoms with E-state index >= 15 is 0 Å². The second-order valence-electron chi connectivity index (χ2n) is 8.56. The summed E-state index contributed by atoms with van der Waals surface area (Å²) in [6, 6.07) is 7.22. The first-order valence-electron chi connectivity index (χ1n) is 10.6. The maximum absolute atomic E-state index is 9.65. The first-order chi connectivity index (χ1) is 13.6. The average molecular weight is 405 g/mol. The van der Waals surface area contributed by atoms with E-state index in [4.69, 9.17) is 11.6 Å². The molecular weight excluding hydrogens is 372 g/mol. The molecule has 0 unspecified atom stereocenters. The maximum atomic E-state index is 9.65. The highest BCUT2D eigenvalue weighted by Crippen LogP contribution is 2.29. The summed E-state index contributed by atoms with van der Waals surface area (Å²) in [5.41, 5.74) is 3.61. The van der Waals surface area contributed by atoms with Crippen molar-refractivity contribution < 1.29 is 5.11 Å². The number of hydrogen-bond acceptors (Lipinski definition) is 4. The minimum atomic E-state index is 0.267. The monoisotopic (exact) mass is 404 g/mol. The molecule has 2 aliphatic rings. The first kappa shape index (κ1) is 20.2. The smallest absolute Gasteiger partial charge is 0.0648 e. The number of aliphatic hydroxyl groups is 1. The molecule has 0 amide bonds. The van der Waals surface area contributed by atoms with Crippen LogP contribution in [0, 0.1) is 6.92 Å². The highest BCUT2D eigenvalue weighted by molar-refractivity contribution is 6.35. The Morgan fingerprint density at radius 2 is 1.96 bits per heavy atom. The van der Waals surface area contributed by atoms with Crippen LogP contribution in [0.2, 0.25) is 5.02 Å². The summed E-state index contributed by atoms with van der Waals surface area (Å²) in [5.74, 6) is 0. The Morgan fingerprint density at radius 3 is 2.68 bits per heavy atom. The number of aryl methyl sites for hydroxylation is 1. The second-order valence-corrected chi connectivity index (χ2v) is 8.97. The van der Waals surface area contributed by atoms with Gasteiger partial charge in [-0.15, -0.1) is 0 Å². The number of para-hydroxylation sites is 1. The SMILES string of the molecule is Cc1c(CN2CCN(C3CCN(C)CC3)[C@H](CCO)C2)[nH]c2c(Cl)cccc12. The molecule has 2 saturated heterocycles. The summed E-state index contributed by atoms with van der Waals surface area (Å²) in [4.78, 5) is 11.2. The molecule has 28 heavy (non-hydrogen) atoms. The van der Waals surface area contributed by atoms with Crippen molar-refractivity contribution in [3.63, 3.8) is 0 Å². The van der Waals surface area contributed by atoms with Crippen molar-refractivity contribution in [2.24, 2.45) is 0 Å². The molecule has 1 aromatic heterocycles. The number of aromatic amines is 1. The van der Waals surface area contributed by atoms with Gasteiger partial charge in [0.1, 0.15) is 0 Å². The molecule has 0 aliphatic carbocycles. The maximum Gasteiger partial charge on any atom is 0.0648 e. The Morgan fingerprint density at radius 1 is 1.18 bits per heavy atom. The Labute approximate surface area is 173 Å². The number of aliphatic hydroxyl groups excluding tert-OH is 1. The quantitative estimate of drug-likeness (QED) is 0.803. The predicted octanol–water partition coefficient (Wildman–Crippen LogP) is 3.09. The van der Waals surface area contributed by atoms with Crippen LogP contribution in [-0.4, -0.2) is 83.3 Å². The molecule has 1 aromatic carbocycles. The summed E-state index contributed by atoms with van der Waals surface area (Å²) in [5, 5.41) is 11.7. The lowest BCUT2D eigenvalue weighted by Crippen LogP contribution is -2.58. The van der Waals surface area contributed by atoms with Crippen LogP contribution in [-0.2, 0) is 6.54 Å². The zero-order chi connectivity index (χ0) is 19.7. The van der Waals surface area contributed by atoms with E-state index in [1.54, 1.807) is 0 Å². The number of likely N-dealkylation sites (tertiary alicyclic amines) is 1. The van der Waals surface area contributed by atoms with Crippen molar-refractivity contribution in [2.45, 2.75) is 44.8 Å². The van der Waals surface area contributed by atoms with Crippen molar-refractivity contribution in [3.05, 3.63) is 34.5 Å². The molecule has 2 fully saturated rings. The number of H-pyrrole nitrogens is 1. The van der Waals surface area contributed by atoms with Crippen LogP contribution in [0.1, 0.15) is 30.5 Å². The van der Waals surface area contributed by atoms with Gasteiger partial charge in [0.15, 0.2) is 0 Å². The van der Waals surface area contributed by atoms with Crippen LogP contribution in [0.3, 0.4) is 0 Å². The molecule has 5 nitrogen and oxygen atoms in total. The van der Waals surface area contributed by atoms with Crippen molar-refractivity contribution >= 4 is 22.5 Å². The molecule has 1 atom stereocenters. The lowest BCUT2D eigenvalue weighted by Gasteiger charge is -2.47. The number of hydrogen-bond donors (Lipinski definition) is 2. The van der Waals surface area contributed by atoms with Gasteiger partial charge >= 0.3 is 0 Å². The summed E-state index contributed by atoms with van der Waals surface area (Å²) < 4.78 is 0. The largest absolute Gasteiger partial charge is 0.396 e. The minimum absolute atomic E-state index is 0.267. The lowest BCUT2D eigenvalue weighted by molar-refractivity contribution is 0.00566. The van der Waals surface area contributed by atoms with Crippen molar-refractivity contribution in [2.75, 3.05) is 46.4 Å². The van der Waals surface area contributed by atoms with Gasteiger partial charge in [-0.25, -0.2) is 0 Å². The fraction of sp³-hybridized carbons (Fsp3) is 0.636. The van der Waals surface area contributed by atoms with E-state index in [1.165, 1.54) is 42.6 Å². The summed E-state index contributed by atoms with van der Waals surface area (Å²) in [6.07, 6.45) is 3.36. The Bertz CT molecular complexity index is 799. The molecule has 6 heteroatoms. The first-order valence-corrected chi connectivity index (χ1v) is 11.0. The van der Waals surface area contributed by atoms with Crippen LogP contribution in [0.25, 0.3) is 10.9 Å². The van der Waals surface area contributed by atoms with Gasteiger partial charge in [-0.1, -0.05) is 23.7 Å². The van der Waals surface area contributed by atoms with Gasteiger partial charge in [0.2, 0.25) is 0 Å². The summed E-state index contributed by atoms with van der Waals surface area (Å²) in [6.45, 7) is 8.94. The van der Waals surface area contributed by atoms with Crippen LogP contribution >= 0.6 is 11.6 Å². The second kappa shape index (κ2) is 8.72.